The van der Waals surface area contributed by atoms with Crippen LogP contribution in [0.4, 0.5) is 17.2 Å². The average molecular weight is 392 g/mol. The van der Waals surface area contributed by atoms with Crippen LogP contribution in [0.3, 0.4) is 0 Å². The highest BCUT2D eigenvalue weighted by molar-refractivity contribution is 5.69. The minimum atomic E-state index is 0.488. The number of rotatable bonds is 4. The lowest BCUT2D eigenvalue weighted by Gasteiger charge is -2.29. The van der Waals surface area contributed by atoms with E-state index in [0.29, 0.717) is 5.92 Å². The number of ether oxygens (including phenoxy) is 1. The molecule has 1 aromatic carbocycles. The van der Waals surface area contributed by atoms with Crippen molar-refractivity contribution in [1.29, 1.82) is 0 Å². The number of hydrogen-bond acceptors (Lipinski definition) is 6. The summed E-state index contributed by atoms with van der Waals surface area (Å²) in [7, 11) is 0. The van der Waals surface area contributed by atoms with Crippen LogP contribution in [-0.4, -0.2) is 44.4 Å². The number of fused-ring (bicyclic) bond motifs is 1. The predicted molar refractivity (Wildman–Crippen MR) is 118 cm³/mol. The third-order valence-corrected chi connectivity index (χ3v) is 6.06. The molecule has 0 amide bonds. The average Bonchev–Trinajstić information content (AvgIpc) is 2.81. The fourth-order valence-electron chi connectivity index (χ4n) is 4.39. The Labute approximate surface area is 172 Å². The molecule has 0 bridgehead atoms. The first-order valence-electron chi connectivity index (χ1n) is 10.7. The van der Waals surface area contributed by atoms with Crippen molar-refractivity contribution in [2.24, 2.45) is 0 Å². The van der Waals surface area contributed by atoms with Gasteiger partial charge in [-0.2, -0.15) is 0 Å². The molecular weight excluding hydrogens is 362 g/mol. The molecule has 1 unspecified atom stereocenters. The summed E-state index contributed by atoms with van der Waals surface area (Å²) in [6, 6.07) is 11.0. The molecule has 0 spiro atoms. The number of pyridine rings is 1. The van der Waals surface area contributed by atoms with Gasteiger partial charge in [-0.15, -0.1) is 0 Å². The Morgan fingerprint density at radius 3 is 2.79 bits per heavy atom. The van der Waals surface area contributed by atoms with Crippen molar-refractivity contribution in [2.75, 3.05) is 49.6 Å². The van der Waals surface area contributed by atoms with E-state index in [1.165, 1.54) is 35.3 Å². The molecule has 29 heavy (non-hydrogen) atoms. The first-order valence-corrected chi connectivity index (χ1v) is 10.7. The van der Waals surface area contributed by atoms with Gasteiger partial charge in [0.15, 0.2) is 0 Å². The van der Waals surface area contributed by atoms with Crippen molar-refractivity contribution in [3.05, 3.63) is 53.4 Å². The van der Waals surface area contributed by atoms with Gasteiger partial charge in [0.25, 0.3) is 0 Å². The number of morpholine rings is 1. The molecule has 3 aliphatic rings. The fourth-order valence-corrected chi connectivity index (χ4v) is 4.39. The van der Waals surface area contributed by atoms with Gasteiger partial charge in [0.2, 0.25) is 0 Å². The zero-order valence-corrected chi connectivity index (χ0v) is 16.8. The number of anilines is 3. The summed E-state index contributed by atoms with van der Waals surface area (Å²) in [6.45, 7) is 6.46. The summed E-state index contributed by atoms with van der Waals surface area (Å²) < 4.78 is 5.46. The molecule has 2 fully saturated rings. The van der Waals surface area contributed by atoms with Crippen LogP contribution < -0.4 is 20.9 Å². The lowest BCUT2D eigenvalue weighted by molar-refractivity contribution is 0.122. The summed E-state index contributed by atoms with van der Waals surface area (Å²) >= 11 is 0. The highest BCUT2D eigenvalue weighted by Gasteiger charge is 2.21. The van der Waals surface area contributed by atoms with Gasteiger partial charge in [-0.3, -0.25) is 0 Å². The zero-order valence-electron chi connectivity index (χ0n) is 16.8. The van der Waals surface area contributed by atoms with E-state index in [9.17, 15) is 0 Å². The van der Waals surface area contributed by atoms with E-state index in [2.05, 4.69) is 57.3 Å². The summed E-state index contributed by atoms with van der Waals surface area (Å²) in [4.78, 5) is 7.44. The smallest absolute Gasteiger partial charge is 0.136 e. The third-order valence-electron chi connectivity index (χ3n) is 6.06. The van der Waals surface area contributed by atoms with Crippen molar-refractivity contribution in [2.45, 2.75) is 25.3 Å². The highest BCUT2D eigenvalue weighted by Crippen LogP contribution is 2.31. The number of nitrogens with one attached hydrogen (secondary N) is 3. The second-order valence-electron chi connectivity index (χ2n) is 7.99. The predicted octanol–water partition coefficient (Wildman–Crippen LogP) is 3.20. The van der Waals surface area contributed by atoms with Crippen molar-refractivity contribution in [1.82, 2.24) is 15.6 Å². The molecule has 152 valence electrons. The number of piperidine rings is 1. The summed E-state index contributed by atoms with van der Waals surface area (Å²) in [5.41, 5.74) is 6.02. The molecule has 2 saturated heterocycles. The van der Waals surface area contributed by atoms with Crippen molar-refractivity contribution in [3.8, 4) is 0 Å². The monoisotopic (exact) mass is 391 g/mol. The maximum atomic E-state index is 5.46. The molecule has 6 heteroatoms. The minimum absolute atomic E-state index is 0.488. The Balaban J connectivity index is 1.40. The van der Waals surface area contributed by atoms with Gasteiger partial charge in [0.1, 0.15) is 5.82 Å². The van der Waals surface area contributed by atoms with E-state index >= 15 is 0 Å². The molecular formula is C23H29N5O. The molecule has 4 heterocycles. The van der Waals surface area contributed by atoms with Crippen LogP contribution in [0.2, 0.25) is 0 Å². The van der Waals surface area contributed by atoms with Gasteiger partial charge in [0.05, 0.1) is 13.2 Å². The van der Waals surface area contributed by atoms with Crippen molar-refractivity contribution >= 4 is 23.3 Å². The number of aromatic nitrogens is 1. The van der Waals surface area contributed by atoms with Crippen LogP contribution in [-0.2, 0) is 11.3 Å². The van der Waals surface area contributed by atoms with Crippen LogP contribution >= 0.6 is 0 Å². The Bertz CT molecular complexity index is 868. The molecule has 3 aliphatic heterocycles. The molecule has 0 radical (unpaired) electrons. The van der Waals surface area contributed by atoms with Gasteiger partial charge < -0.3 is 25.6 Å². The van der Waals surface area contributed by atoms with E-state index in [1.54, 1.807) is 0 Å². The van der Waals surface area contributed by atoms with E-state index in [0.717, 1.165) is 57.4 Å². The lowest BCUT2D eigenvalue weighted by atomic mass is 9.93. The molecule has 1 aromatic heterocycles. The SMILES string of the molecule is C1=Cc2cc(C3CCCNC3)nc(Nc3ccc(N4CCOCC4)cc3)c2CN1. The standard InChI is InChI=1S/C23H29N5O/c1-2-18(15-24-8-1)22-14-17-7-9-25-16-21(17)23(27-22)26-19-3-5-20(6-4-19)28-10-12-29-13-11-28/h3-7,9,14,18,24-25H,1-2,8,10-13,15-16H2,(H,26,27). The van der Waals surface area contributed by atoms with Gasteiger partial charge >= 0.3 is 0 Å². The molecule has 5 rings (SSSR count). The third kappa shape index (κ3) is 4.09. The van der Waals surface area contributed by atoms with Crippen LogP contribution in [0, 0.1) is 0 Å². The Morgan fingerprint density at radius 2 is 2.00 bits per heavy atom. The molecule has 2 aromatic rings. The van der Waals surface area contributed by atoms with Crippen LogP contribution in [0.15, 0.2) is 36.5 Å². The lowest BCUT2D eigenvalue weighted by Crippen LogP contribution is -2.36. The van der Waals surface area contributed by atoms with E-state index in [4.69, 9.17) is 9.72 Å². The Morgan fingerprint density at radius 1 is 1.14 bits per heavy atom. The Kier molecular flexibility index (Phi) is 5.37. The van der Waals surface area contributed by atoms with Crippen LogP contribution in [0.25, 0.3) is 6.08 Å². The maximum absolute atomic E-state index is 5.46. The quantitative estimate of drug-likeness (QED) is 0.744. The van der Waals surface area contributed by atoms with Gasteiger partial charge in [-0.1, -0.05) is 0 Å². The Hall–Kier alpha value is -2.57. The minimum Gasteiger partial charge on any atom is -0.387 e. The molecule has 0 saturated carbocycles. The largest absolute Gasteiger partial charge is 0.387 e. The van der Waals surface area contributed by atoms with Crippen LogP contribution in [0.5, 0.6) is 0 Å². The van der Waals surface area contributed by atoms with Gasteiger partial charge in [0, 0.05) is 54.7 Å². The van der Waals surface area contributed by atoms with Gasteiger partial charge in [-0.05, 0) is 67.6 Å². The summed E-state index contributed by atoms with van der Waals surface area (Å²) in [6.07, 6.45) is 6.61. The fraction of sp³-hybridized carbons (Fsp3) is 0.435. The first kappa shape index (κ1) is 18.5. The maximum Gasteiger partial charge on any atom is 0.136 e. The summed E-state index contributed by atoms with van der Waals surface area (Å²) in [5, 5.41) is 10.4. The van der Waals surface area contributed by atoms with Crippen molar-refractivity contribution in [3.63, 3.8) is 0 Å². The molecule has 6 nitrogen and oxygen atoms in total. The molecule has 0 aliphatic carbocycles. The number of hydrogen-bond donors (Lipinski definition) is 3. The first-order chi connectivity index (χ1) is 14.4. The van der Waals surface area contributed by atoms with Crippen molar-refractivity contribution < 1.29 is 4.74 Å². The second-order valence-corrected chi connectivity index (χ2v) is 7.99. The number of benzene rings is 1. The highest BCUT2D eigenvalue weighted by atomic mass is 16.5. The summed E-state index contributed by atoms with van der Waals surface area (Å²) in [5.74, 6) is 1.46. The second kappa shape index (κ2) is 8.43. The molecule has 3 N–H and O–H groups in total. The topological polar surface area (TPSA) is 61.5 Å². The van der Waals surface area contributed by atoms with E-state index < -0.39 is 0 Å². The normalized spacial score (nSPS) is 21.4. The zero-order chi connectivity index (χ0) is 19.5. The van der Waals surface area contributed by atoms with Crippen LogP contribution in [0.1, 0.15) is 35.6 Å². The van der Waals surface area contributed by atoms with Gasteiger partial charge in [-0.25, -0.2) is 4.98 Å². The van der Waals surface area contributed by atoms with E-state index in [-0.39, 0.29) is 0 Å². The van der Waals surface area contributed by atoms with E-state index in [1.807, 2.05) is 6.20 Å². The molecule has 1 atom stereocenters. The number of nitrogens with zero attached hydrogens (tertiary/aromatic N) is 2.